The SMILES string of the molecule is COc1cccc(C(=O)N2CC(S(=O)(=O)c3ccc(F)cc3)C2)c1. The number of halogens is 1. The molecule has 0 aliphatic carbocycles. The van der Waals surface area contributed by atoms with Gasteiger partial charge in [-0.3, -0.25) is 4.79 Å². The fourth-order valence-electron chi connectivity index (χ4n) is 2.56. The standard InChI is InChI=1S/C17H16FNO4S/c1-23-14-4-2-3-12(9-14)17(20)19-10-16(11-19)24(21,22)15-7-5-13(18)6-8-15/h2-9,16H,10-11H2,1H3. The van der Waals surface area contributed by atoms with Crippen molar-refractivity contribution in [2.24, 2.45) is 0 Å². The highest BCUT2D eigenvalue weighted by Gasteiger charge is 2.40. The summed E-state index contributed by atoms with van der Waals surface area (Å²) < 4.78 is 42.9. The van der Waals surface area contributed by atoms with E-state index in [-0.39, 0.29) is 23.9 Å². The minimum absolute atomic E-state index is 0.0716. The zero-order chi connectivity index (χ0) is 17.3. The van der Waals surface area contributed by atoms with Gasteiger partial charge in [0.2, 0.25) is 0 Å². The Balaban J connectivity index is 1.70. The van der Waals surface area contributed by atoms with Crippen LogP contribution in [0, 0.1) is 5.82 Å². The number of ether oxygens (including phenoxy) is 1. The third-order valence-corrected chi connectivity index (χ3v) is 6.14. The van der Waals surface area contributed by atoms with Gasteiger partial charge in [0.25, 0.3) is 5.91 Å². The highest BCUT2D eigenvalue weighted by Crippen LogP contribution is 2.26. The molecule has 1 heterocycles. The lowest BCUT2D eigenvalue weighted by Gasteiger charge is -2.38. The van der Waals surface area contributed by atoms with E-state index in [1.165, 1.54) is 24.1 Å². The normalized spacial score (nSPS) is 15.0. The van der Waals surface area contributed by atoms with Crippen LogP contribution in [0.2, 0.25) is 0 Å². The van der Waals surface area contributed by atoms with Crippen molar-refractivity contribution in [3.8, 4) is 5.75 Å². The van der Waals surface area contributed by atoms with E-state index in [1.807, 2.05) is 0 Å². The van der Waals surface area contributed by atoms with Crippen molar-refractivity contribution in [2.45, 2.75) is 10.1 Å². The van der Waals surface area contributed by atoms with Crippen LogP contribution in [0.15, 0.2) is 53.4 Å². The second kappa shape index (κ2) is 6.24. The molecule has 0 saturated carbocycles. The smallest absolute Gasteiger partial charge is 0.254 e. The number of nitrogens with zero attached hydrogens (tertiary/aromatic N) is 1. The molecule has 7 heteroatoms. The van der Waals surface area contributed by atoms with Gasteiger partial charge in [0, 0.05) is 18.7 Å². The lowest BCUT2D eigenvalue weighted by Crippen LogP contribution is -2.56. The maximum Gasteiger partial charge on any atom is 0.254 e. The molecule has 0 unspecified atom stereocenters. The molecule has 3 rings (SSSR count). The Morgan fingerprint density at radius 3 is 2.46 bits per heavy atom. The van der Waals surface area contributed by atoms with Gasteiger partial charge in [-0.05, 0) is 42.5 Å². The van der Waals surface area contributed by atoms with Gasteiger partial charge in [-0.15, -0.1) is 0 Å². The number of carbonyl (C=O) groups is 1. The lowest BCUT2D eigenvalue weighted by molar-refractivity contribution is 0.0658. The van der Waals surface area contributed by atoms with Crippen LogP contribution in [0.5, 0.6) is 5.75 Å². The van der Waals surface area contributed by atoms with Gasteiger partial charge in [0.1, 0.15) is 16.8 Å². The maximum atomic E-state index is 12.9. The van der Waals surface area contributed by atoms with E-state index in [0.717, 1.165) is 12.1 Å². The number of sulfone groups is 1. The van der Waals surface area contributed by atoms with Crippen molar-refractivity contribution in [3.05, 3.63) is 59.9 Å². The monoisotopic (exact) mass is 349 g/mol. The summed E-state index contributed by atoms with van der Waals surface area (Å²) >= 11 is 0. The minimum atomic E-state index is -3.57. The number of hydrogen-bond donors (Lipinski definition) is 0. The fourth-order valence-corrected chi connectivity index (χ4v) is 4.21. The van der Waals surface area contributed by atoms with E-state index in [1.54, 1.807) is 24.3 Å². The van der Waals surface area contributed by atoms with Crippen LogP contribution in [0.3, 0.4) is 0 Å². The molecule has 0 bridgehead atoms. The van der Waals surface area contributed by atoms with Gasteiger partial charge in [-0.2, -0.15) is 0 Å². The van der Waals surface area contributed by atoms with E-state index in [9.17, 15) is 17.6 Å². The highest BCUT2D eigenvalue weighted by molar-refractivity contribution is 7.92. The quantitative estimate of drug-likeness (QED) is 0.794. The topological polar surface area (TPSA) is 63.7 Å². The number of rotatable bonds is 4. The van der Waals surface area contributed by atoms with Crippen molar-refractivity contribution >= 4 is 15.7 Å². The van der Waals surface area contributed by atoms with Crippen molar-refractivity contribution < 1.29 is 22.3 Å². The van der Waals surface area contributed by atoms with Gasteiger partial charge < -0.3 is 9.64 Å². The van der Waals surface area contributed by atoms with Gasteiger partial charge in [0.15, 0.2) is 9.84 Å². The Labute approximate surface area is 139 Å². The molecule has 0 spiro atoms. The van der Waals surface area contributed by atoms with Gasteiger partial charge in [-0.1, -0.05) is 6.07 Å². The molecule has 2 aromatic rings. The van der Waals surface area contributed by atoms with E-state index in [4.69, 9.17) is 4.74 Å². The Hall–Kier alpha value is -2.41. The first-order valence-electron chi connectivity index (χ1n) is 7.34. The van der Waals surface area contributed by atoms with Gasteiger partial charge in [0.05, 0.1) is 12.0 Å². The Morgan fingerprint density at radius 2 is 1.83 bits per heavy atom. The van der Waals surface area contributed by atoms with Crippen LogP contribution in [0.25, 0.3) is 0 Å². The molecule has 0 atom stereocenters. The highest BCUT2D eigenvalue weighted by atomic mass is 32.2. The first kappa shape index (κ1) is 16.4. The van der Waals surface area contributed by atoms with E-state index >= 15 is 0 Å². The third-order valence-electron chi connectivity index (χ3n) is 4.03. The number of benzene rings is 2. The Bertz CT molecular complexity index is 858. The molecule has 0 radical (unpaired) electrons. The van der Waals surface area contributed by atoms with E-state index in [2.05, 4.69) is 0 Å². The predicted molar refractivity (Wildman–Crippen MR) is 86.3 cm³/mol. The predicted octanol–water partition coefficient (Wildman–Crippen LogP) is 2.13. The zero-order valence-electron chi connectivity index (χ0n) is 13.0. The molecule has 126 valence electrons. The summed E-state index contributed by atoms with van der Waals surface area (Å²) in [5.41, 5.74) is 0.451. The number of methoxy groups -OCH3 is 1. The van der Waals surface area contributed by atoms with E-state index in [0.29, 0.717) is 11.3 Å². The summed E-state index contributed by atoms with van der Waals surface area (Å²) in [6.45, 7) is 0.242. The number of amides is 1. The third kappa shape index (κ3) is 2.99. The summed E-state index contributed by atoms with van der Waals surface area (Å²) in [5, 5.41) is -0.669. The Morgan fingerprint density at radius 1 is 1.17 bits per heavy atom. The summed E-state index contributed by atoms with van der Waals surface area (Å²) in [6.07, 6.45) is 0. The molecule has 1 saturated heterocycles. The molecule has 0 aromatic heterocycles. The summed E-state index contributed by atoms with van der Waals surface area (Å²) in [5.74, 6) is -0.159. The van der Waals surface area contributed by atoms with Crippen LogP contribution >= 0.6 is 0 Å². The van der Waals surface area contributed by atoms with Crippen molar-refractivity contribution in [3.63, 3.8) is 0 Å². The summed E-state index contributed by atoms with van der Waals surface area (Å²) in [7, 11) is -2.05. The maximum absolute atomic E-state index is 12.9. The molecule has 1 aliphatic rings. The zero-order valence-corrected chi connectivity index (χ0v) is 13.8. The lowest BCUT2D eigenvalue weighted by atomic mass is 10.1. The molecule has 2 aromatic carbocycles. The minimum Gasteiger partial charge on any atom is -0.497 e. The molecular formula is C17H16FNO4S. The molecule has 1 amide bonds. The number of carbonyl (C=O) groups excluding carboxylic acids is 1. The first-order valence-corrected chi connectivity index (χ1v) is 8.89. The average Bonchev–Trinajstić information content (AvgIpc) is 2.53. The van der Waals surface area contributed by atoms with Crippen molar-refractivity contribution in [1.82, 2.24) is 4.90 Å². The molecule has 1 fully saturated rings. The molecule has 0 N–H and O–H groups in total. The molecule has 5 nitrogen and oxygen atoms in total. The van der Waals surface area contributed by atoms with Crippen LogP contribution in [-0.2, 0) is 9.84 Å². The van der Waals surface area contributed by atoms with Crippen LogP contribution in [0.1, 0.15) is 10.4 Å². The summed E-state index contributed by atoms with van der Waals surface area (Å²) in [6, 6.07) is 11.4. The average molecular weight is 349 g/mol. The van der Waals surface area contributed by atoms with Crippen LogP contribution < -0.4 is 4.74 Å². The first-order chi connectivity index (χ1) is 11.4. The van der Waals surface area contributed by atoms with Crippen LogP contribution in [0.4, 0.5) is 4.39 Å². The van der Waals surface area contributed by atoms with Crippen molar-refractivity contribution in [2.75, 3.05) is 20.2 Å². The molecule has 24 heavy (non-hydrogen) atoms. The second-order valence-corrected chi connectivity index (χ2v) is 7.79. The molecular weight excluding hydrogens is 333 g/mol. The number of likely N-dealkylation sites (tertiary alicyclic amines) is 1. The van der Waals surface area contributed by atoms with Crippen molar-refractivity contribution in [1.29, 1.82) is 0 Å². The van der Waals surface area contributed by atoms with Gasteiger partial charge in [-0.25, -0.2) is 12.8 Å². The number of hydrogen-bond acceptors (Lipinski definition) is 4. The summed E-state index contributed by atoms with van der Waals surface area (Å²) in [4.78, 5) is 13.9. The second-order valence-electron chi connectivity index (χ2n) is 5.56. The Kier molecular flexibility index (Phi) is 4.28. The van der Waals surface area contributed by atoms with E-state index < -0.39 is 20.9 Å². The van der Waals surface area contributed by atoms with Gasteiger partial charge >= 0.3 is 0 Å². The largest absolute Gasteiger partial charge is 0.497 e. The fraction of sp³-hybridized carbons (Fsp3) is 0.235. The molecule has 1 aliphatic heterocycles. The van der Waals surface area contributed by atoms with Crippen LogP contribution in [-0.4, -0.2) is 44.7 Å².